The number of benzene rings is 3. The van der Waals surface area contributed by atoms with Gasteiger partial charge in [-0.3, -0.25) is 13.9 Å². The number of rotatable bonds is 5. The van der Waals surface area contributed by atoms with Crippen molar-refractivity contribution in [1.82, 2.24) is 9.13 Å². The van der Waals surface area contributed by atoms with Gasteiger partial charge < -0.3 is 5.11 Å². The van der Waals surface area contributed by atoms with E-state index < -0.39 is 17.1 Å². The van der Waals surface area contributed by atoms with E-state index in [0.29, 0.717) is 16.5 Å². The van der Waals surface area contributed by atoms with Crippen molar-refractivity contribution >= 4 is 33.3 Å². The van der Waals surface area contributed by atoms with Crippen molar-refractivity contribution in [3.63, 3.8) is 0 Å². The van der Waals surface area contributed by atoms with Gasteiger partial charge in [-0.25, -0.2) is 9.79 Å². The Hall–Kier alpha value is -3.58. The highest BCUT2D eigenvalue weighted by Crippen LogP contribution is 2.28. The lowest BCUT2D eigenvalue weighted by Crippen LogP contribution is -2.39. The van der Waals surface area contributed by atoms with Gasteiger partial charge in [0.2, 0.25) is 5.88 Å². The maximum Gasteiger partial charge on any atom is 0.333 e. The van der Waals surface area contributed by atoms with Crippen LogP contribution >= 0.6 is 11.8 Å². The molecule has 0 unspecified atom stereocenters. The molecule has 0 aliphatic rings. The molecule has 0 aliphatic carbocycles. The van der Waals surface area contributed by atoms with Gasteiger partial charge in [-0.05, 0) is 40.5 Å². The van der Waals surface area contributed by atoms with Crippen molar-refractivity contribution < 1.29 is 5.11 Å². The Morgan fingerprint density at radius 3 is 2.36 bits per heavy atom. The second-order valence-corrected chi connectivity index (χ2v) is 8.73. The third kappa shape index (κ3) is 4.50. The van der Waals surface area contributed by atoms with Crippen molar-refractivity contribution in [2.24, 2.45) is 19.1 Å². The van der Waals surface area contributed by atoms with Crippen LogP contribution < -0.4 is 11.2 Å². The van der Waals surface area contributed by atoms with Gasteiger partial charge in [-0.2, -0.15) is 0 Å². The molecule has 0 aliphatic heterocycles. The molecule has 7 heteroatoms. The zero-order valence-electron chi connectivity index (χ0n) is 18.8. The first-order chi connectivity index (χ1) is 15.9. The fourth-order valence-corrected chi connectivity index (χ4v) is 4.71. The third-order valence-corrected chi connectivity index (χ3v) is 6.69. The summed E-state index contributed by atoms with van der Waals surface area (Å²) >= 11 is 1.36. The summed E-state index contributed by atoms with van der Waals surface area (Å²) in [4.78, 5) is 30.0. The molecular formula is C26H25N3O3S. The van der Waals surface area contributed by atoms with Crippen LogP contribution in [-0.4, -0.2) is 19.3 Å². The van der Waals surface area contributed by atoms with Crippen molar-refractivity contribution in [2.75, 3.05) is 0 Å². The molecule has 0 spiro atoms. The van der Waals surface area contributed by atoms with Gasteiger partial charge in [-0.15, -0.1) is 11.8 Å². The Labute approximate surface area is 195 Å². The first kappa shape index (κ1) is 22.6. The zero-order chi connectivity index (χ0) is 23.5. The molecule has 6 nitrogen and oxygen atoms in total. The van der Waals surface area contributed by atoms with Crippen molar-refractivity contribution in [1.29, 1.82) is 0 Å². The van der Waals surface area contributed by atoms with E-state index in [1.807, 2.05) is 48.5 Å². The van der Waals surface area contributed by atoms with Gasteiger partial charge in [0.1, 0.15) is 10.6 Å². The number of hydrogen-bond acceptors (Lipinski definition) is 5. The lowest BCUT2D eigenvalue weighted by molar-refractivity contribution is 0.410. The standard InChI is InChI=1S/C26H25N3O3S/c1-4-17-12-14-20(15-13-17)27-23(22-24(30)28(2)26(32)29(3)25(22)31)33-16-19-10-7-9-18-8-5-6-11-21(18)19/h5-15,30H,4,16H2,1-3H3. The van der Waals surface area contributed by atoms with E-state index in [1.165, 1.54) is 31.4 Å². The van der Waals surface area contributed by atoms with Gasteiger partial charge >= 0.3 is 5.69 Å². The van der Waals surface area contributed by atoms with Crippen LogP contribution in [0.2, 0.25) is 0 Å². The largest absolute Gasteiger partial charge is 0.494 e. The van der Waals surface area contributed by atoms with E-state index in [1.54, 1.807) is 0 Å². The molecule has 0 fully saturated rings. The fraction of sp³-hybridized carbons (Fsp3) is 0.192. The molecule has 1 aromatic heterocycles. The minimum atomic E-state index is -0.591. The Bertz CT molecular complexity index is 1460. The molecule has 0 bridgehead atoms. The highest BCUT2D eigenvalue weighted by molar-refractivity contribution is 8.13. The summed E-state index contributed by atoms with van der Waals surface area (Å²) in [6.07, 6.45) is 0.912. The Balaban J connectivity index is 1.82. The summed E-state index contributed by atoms with van der Waals surface area (Å²) in [6, 6.07) is 22.0. The minimum Gasteiger partial charge on any atom is -0.494 e. The quantitative estimate of drug-likeness (QED) is 0.352. The normalized spacial score (nSPS) is 11.8. The molecule has 168 valence electrons. The van der Waals surface area contributed by atoms with E-state index in [0.717, 1.165) is 31.9 Å². The molecule has 4 aromatic rings. The molecule has 3 aromatic carbocycles. The first-order valence-corrected chi connectivity index (χ1v) is 11.7. The number of aromatic hydroxyl groups is 1. The summed E-state index contributed by atoms with van der Waals surface area (Å²) in [6.45, 7) is 2.08. The van der Waals surface area contributed by atoms with E-state index in [-0.39, 0.29) is 5.56 Å². The average molecular weight is 460 g/mol. The van der Waals surface area contributed by atoms with E-state index >= 15 is 0 Å². The van der Waals surface area contributed by atoms with Gasteiger partial charge in [0.25, 0.3) is 5.56 Å². The van der Waals surface area contributed by atoms with Crippen LogP contribution in [0.1, 0.15) is 23.6 Å². The monoisotopic (exact) mass is 459 g/mol. The zero-order valence-corrected chi connectivity index (χ0v) is 19.6. The van der Waals surface area contributed by atoms with Crippen molar-refractivity contribution in [3.05, 3.63) is 104 Å². The minimum absolute atomic E-state index is 0.0180. The van der Waals surface area contributed by atoms with Crippen LogP contribution in [0.15, 0.2) is 81.3 Å². The highest BCUT2D eigenvalue weighted by atomic mass is 32.2. The number of aliphatic imine (C=N–C) groups is 1. The predicted octanol–water partition coefficient (Wildman–Crippen LogP) is 4.52. The number of fused-ring (bicyclic) bond motifs is 1. The van der Waals surface area contributed by atoms with Gasteiger partial charge in [0, 0.05) is 19.8 Å². The number of aromatic nitrogens is 2. The Morgan fingerprint density at radius 2 is 1.64 bits per heavy atom. The number of hydrogen-bond donors (Lipinski definition) is 1. The lowest BCUT2D eigenvalue weighted by Gasteiger charge is -2.13. The Morgan fingerprint density at radius 1 is 0.939 bits per heavy atom. The highest BCUT2D eigenvalue weighted by Gasteiger charge is 2.21. The van der Waals surface area contributed by atoms with Gasteiger partial charge in [0.15, 0.2) is 0 Å². The molecule has 0 atom stereocenters. The number of nitrogens with zero attached hydrogens (tertiary/aromatic N) is 3. The van der Waals surface area contributed by atoms with E-state index in [4.69, 9.17) is 4.99 Å². The predicted molar refractivity (Wildman–Crippen MR) is 136 cm³/mol. The number of thioether (sulfide) groups is 1. The lowest BCUT2D eigenvalue weighted by atomic mass is 10.1. The molecule has 0 saturated carbocycles. The summed E-state index contributed by atoms with van der Waals surface area (Å²) < 4.78 is 2.05. The van der Waals surface area contributed by atoms with Crippen LogP contribution in [0.25, 0.3) is 10.8 Å². The third-order valence-electron chi connectivity index (χ3n) is 5.67. The van der Waals surface area contributed by atoms with E-state index in [9.17, 15) is 14.7 Å². The number of aryl methyl sites for hydroxylation is 1. The van der Waals surface area contributed by atoms with Crippen molar-refractivity contribution in [3.8, 4) is 5.88 Å². The molecule has 4 rings (SSSR count). The SMILES string of the molecule is CCc1ccc(N=C(SCc2cccc3ccccc23)c2c(O)n(C)c(=O)n(C)c2=O)cc1. The molecule has 1 N–H and O–H groups in total. The smallest absolute Gasteiger partial charge is 0.333 e. The second kappa shape index (κ2) is 9.50. The summed E-state index contributed by atoms with van der Waals surface area (Å²) in [7, 11) is 2.83. The molecule has 0 saturated heterocycles. The van der Waals surface area contributed by atoms with Gasteiger partial charge in [0.05, 0.1) is 5.69 Å². The van der Waals surface area contributed by atoms with Gasteiger partial charge in [-0.1, -0.05) is 61.5 Å². The average Bonchev–Trinajstić information content (AvgIpc) is 2.85. The van der Waals surface area contributed by atoms with E-state index in [2.05, 4.69) is 25.1 Å². The van der Waals surface area contributed by atoms with Crippen LogP contribution in [0.3, 0.4) is 0 Å². The topological polar surface area (TPSA) is 76.6 Å². The van der Waals surface area contributed by atoms with Crippen LogP contribution in [0, 0.1) is 0 Å². The maximum atomic E-state index is 13.0. The fourth-order valence-electron chi connectivity index (χ4n) is 3.67. The van der Waals surface area contributed by atoms with Crippen LogP contribution in [-0.2, 0) is 26.3 Å². The molecule has 1 heterocycles. The first-order valence-electron chi connectivity index (χ1n) is 10.7. The molecule has 33 heavy (non-hydrogen) atoms. The maximum absolute atomic E-state index is 13.0. The van der Waals surface area contributed by atoms with Crippen molar-refractivity contribution in [2.45, 2.75) is 19.1 Å². The summed E-state index contributed by atoms with van der Waals surface area (Å²) in [5, 5.41) is 13.4. The Kier molecular flexibility index (Phi) is 6.51. The summed E-state index contributed by atoms with van der Waals surface area (Å²) in [5.41, 5.74) is 1.79. The van der Waals surface area contributed by atoms with Crippen LogP contribution in [0.5, 0.6) is 5.88 Å². The second-order valence-electron chi connectivity index (χ2n) is 7.77. The molecular weight excluding hydrogens is 434 g/mol. The molecule has 0 radical (unpaired) electrons. The molecule has 0 amide bonds. The summed E-state index contributed by atoms with van der Waals surface area (Å²) in [5.74, 6) is 0.149. The van der Waals surface area contributed by atoms with Crippen LogP contribution in [0.4, 0.5) is 5.69 Å².